The molecule has 0 aromatic heterocycles. The maximum Gasteiger partial charge on any atom is 0.300 e. The number of hydrogen-bond donors (Lipinski definition) is 2. The number of phenolic OH excluding ortho intramolecular Hbond substituents is 1. The van der Waals surface area contributed by atoms with Crippen molar-refractivity contribution in [2.45, 2.75) is 19.9 Å². The van der Waals surface area contributed by atoms with Crippen LogP contribution >= 0.6 is 11.6 Å². The van der Waals surface area contributed by atoms with Crippen LogP contribution in [0.25, 0.3) is 5.76 Å². The van der Waals surface area contributed by atoms with E-state index in [1.54, 1.807) is 55.5 Å². The summed E-state index contributed by atoms with van der Waals surface area (Å²) in [7, 11) is 1.49. The summed E-state index contributed by atoms with van der Waals surface area (Å²) in [6.07, 6.45) is 0. The first-order valence-electron chi connectivity index (χ1n) is 11.6. The number of phenols is 1. The molecule has 1 atom stereocenters. The van der Waals surface area contributed by atoms with Gasteiger partial charge in [-0.2, -0.15) is 0 Å². The number of methoxy groups -OCH3 is 1. The molecule has 0 spiro atoms. The fourth-order valence-corrected chi connectivity index (χ4v) is 4.43. The highest BCUT2D eigenvalue weighted by Gasteiger charge is 2.47. The minimum absolute atomic E-state index is 0.0322. The Kier molecular flexibility index (Phi) is 7.59. The number of aromatic hydroxyl groups is 1. The summed E-state index contributed by atoms with van der Waals surface area (Å²) >= 11 is 6.19. The summed E-state index contributed by atoms with van der Waals surface area (Å²) in [5.74, 6) is -0.994. The molecule has 0 saturated carbocycles. The van der Waals surface area contributed by atoms with Gasteiger partial charge in [-0.05, 0) is 55.8 Å². The number of nitrogens with zero attached hydrogens (tertiary/aromatic N) is 1. The smallest absolute Gasteiger partial charge is 0.300 e. The van der Waals surface area contributed by atoms with Crippen LogP contribution in [0.1, 0.15) is 31.0 Å². The molecule has 3 aromatic carbocycles. The maximum absolute atomic E-state index is 13.4. The second kappa shape index (κ2) is 10.8. The highest BCUT2D eigenvalue weighted by molar-refractivity contribution is 6.51. The van der Waals surface area contributed by atoms with Crippen molar-refractivity contribution in [3.05, 3.63) is 82.4 Å². The molecule has 0 bridgehead atoms. The zero-order valence-electron chi connectivity index (χ0n) is 20.5. The number of carbonyl (C=O) groups is 2. The highest BCUT2D eigenvalue weighted by atomic mass is 35.5. The molecule has 2 N–H and O–H groups in total. The molecule has 8 nitrogen and oxygen atoms in total. The third-order valence-corrected chi connectivity index (χ3v) is 6.19. The van der Waals surface area contributed by atoms with Gasteiger partial charge in [0.05, 0.1) is 42.5 Å². The van der Waals surface area contributed by atoms with Gasteiger partial charge >= 0.3 is 0 Å². The minimum Gasteiger partial charge on any atom is -0.507 e. The molecule has 37 heavy (non-hydrogen) atoms. The summed E-state index contributed by atoms with van der Waals surface area (Å²) in [6.45, 7) is 4.36. The Morgan fingerprint density at radius 1 is 0.973 bits per heavy atom. The summed E-state index contributed by atoms with van der Waals surface area (Å²) in [4.78, 5) is 28.1. The summed E-state index contributed by atoms with van der Waals surface area (Å²) < 4.78 is 16.6. The predicted octanol–water partition coefficient (Wildman–Crippen LogP) is 5.48. The van der Waals surface area contributed by atoms with Gasteiger partial charge in [0.2, 0.25) is 0 Å². The van der Waals surface area contributed by atoms with Gasteiger partial charge in [-0.25, -0.2) is 0 Å². The standard InChI is InChI=1S/C28H26ClNO7/c1-4-36-19-10-11-20(23(15-19)37-5-2)26(32)24-25(16-9-12-22(31)21(29)13-16)30(28(34)27(24)33)17-7-6-8-18(14-17)35-3/h6-15,25,31-32H,4-5H2,1-3H3/b26-24-. The van der Waals surface area contributed by atoms with Crippen LogP contribution in [0.15, 0.2) is 66.2 Å². The molecule has 1 aliphatic heterocycles. The van der Waals surface area contributed by atoms with E-state index < -0.39 is 23.5 Å². The van der Waals surface area contributed by atoms with Crippen molar-refractivity contribution in [3.8, 4) is 23.0 Å². The van der Waals surface area contributed by atoms with Crippen LogP contribution in [0, 0.1) is 0 Å². The number of aliphatic hydroxyl groups excluding tert-OH is 1. The van der Waals surface area contributed by atoms with Crippen molar-refractivity contribution in [1.82, 2.24) is 0 Å². The van der Waals surface area contributed by atoms with E-state index in [2.05, 4.69) is 0 Å². The Bertz CT molecular complexity index is 1380. The van der Waals surface area contributed by atoms with Crippen LogP contribution in [-0.4, -0.2) is 42.2 Å². The Morgan fingerprint density at radius 3 is 2.41 bits per heavy atom. The molecule has 1 heterocycles. The van der Waals surface area contributed by atoms with E-state index in [0.29, 0.717) is 41.7 Å². The van der Waals surface area contributed by atoms with Gasteiger partial charge < -0.3 is 24.4 Å². The van der Waals surface area contributed by atoms with Crippen molar-refractivity contribution in [2.24, 2.45) is 0 Å². The number of rotatable bonds is 8. The largest absolute Gasteiger partial charge is 0.507 e. The molecule has 1 amide bonds. The first-order chi connectivity index (χ1) is 17.8. The monoisotopic (exact) mass is 523 g/mol. The van der Waals surface area contributed by atoms with Crippen LogP contribution < -0.4 is 19.1 Å². The number of carbonyl (C=O) groups excluding carboxylic acids is 2. The first-order valence-corrected chi connectivity index (χ1v) is 12.0. The Morgan fingerprint density at radius 2 is 1.73 bits per heavy atom. The quantitative estimate of drug-likeness (QED) is 0.229. The van der Waals surface area contributed by atoms with Crippen molar-refractivity contribution in [1.29, 1.82) is 0 Å². The lowest BCUT2D eigenvalue weighted by molar-refractivity contribution is -0.132. The summed E-state index contributed by atoms with van der Waals surface area (Å²) in [5.41, 5.74) is 0.866. The zero-order chi connectivity index (χ0) is 26.7. The van der Waals surface area contributed by atoms with Gasteiger partial charge in [0.25, 0.3) is 11.7 Å². The molecular formula is C28H26ClNO7. The number of ether oxygens (including phenoxy) is 3. The summed E-state index contributed by atoms with van der Waals surface area (Å²) in [6, 6.07) is 14.8. The van der Waals surface area contributed by atoms with Gasteiger partial charge in [-0.1, -0.05) is 23.7 Å². The lowest BCUT2D eigenvalue weighted by atomic mass is 9.94. The maximum atomic E-state index is 13.4. The number of aliphatic hydroxyl groups is 1. The molecule has 0 radical (unpaired) electrons. The van der Waals surface area contributed by atoms with Gasteiger partial charge in [-0.15, -0.1) is 0 Å². The Hall–Kier alpha value is -4.17. The number of benzene rings is 3. The average molecular weight is 524 g/mol. The SMILES string of the molecule is CCOc1ccc(/C(O)=C2/C(=O)C(=O)N(c3cccc(OC)c3)C2c2ccc(O)c(Cl)c2)c(OCC)c1. The number of Topliss-reactive ketones (excluding diaryl/α,β-unsaturated/α-hetero) is 1. The number of hydrogen-bond acceptors (Lipinski definition) is 7. The predicted molar refractivity (Wildman–Crippen MR) is 140 cm³/mol. The number of anilines is 1. The normalized spacial score (nSPS) is 16.6. The van der Waals surface area contributed by atoms with E-state index >= 15 is 0 Å². The van der Waals surface area contributed by atoms with Crippen LogP contribution in [0.2, 0.25) is 5.02 Å². The third-order valence-electron chi connectivity index (χ3n) is 5.88. The van der Waals surface area contributed by atoms with Crippen LogP contribution in [-0.2, 0) is 9.59 Å². The Labute approximate surface area is 219 Å². The third kappa shape index (κ3) is 4.93. The van der Waals surface area contributed by atoms with Crippen LogP contribution in [0.5, 0.6) is 23.0 Å². The molecule has 9 heteroatoms. The van der Waals surface area contributed by atoms with Crippen molar-refractivity contribution in [2.75, 3.05) is 25.2 Å². The lowest BCUT2D eigenvalue weighted by Crippen LogP contribution is -2.29. The van der Waals surface area contributed by atoms with Gasteiger partial charge in [0.15, 0.2) is 0 Å². The number of amides is 1. The van der Waals surface area contributed by atoms with Crippen molar-refractivity contribution >= 4 is 34.7 Å². The number of ketones is 1. The van der Waals surface area contributed by atoms with E-state index in [1.807, 2.05) is 6.92 Å². The fraction of sp³-hybridized carbons (Fsp3) is 0.214. The van der Waals surface area contributed by atoms with Crippen molar-refractivity contribution in [3.63, 3.8) is 0 Å². The van der Waals surface area contributed by atoms with E-state index in [4.69, 9.17) is 25.8 Å². The molecule has 1 fully saturated rings. The molecule has 1 saturated heterocycles. The minimum atomic E-state index is -1.05. The Balaban J connectivity index is 1.96. The van der Waals surface area contributed by atoms with Crippen LogP contribution in [0.3, 0.4) is 0 Å². The van der Waals surface area contributed by atoms with E-state index in [9.17, 15) is 19.8 Å². The first kappa shape index (κ1) is 25.9. The molecule has 4 rings (SSSR count). The van der Waals surface area contributed by atoms with Gasteiger partial charge in [-0.3, -0.25) is 14.5 Å². The average Bonchev–Trinajstić information content (AvgIpc) is 3.16. The van der Waals surface area contributed by atoms with Gasteiger partial charge in [0.1, 0.15) is 28.8 Å². The molecule has 1 unspecified atom stereocenters. The fourth-order valence-electron chi connectivity index (χ4n) is 4.24. The second-order valence-electron chi connectivity index (χ2n) is 8.11. The molecule has 1 aliphatic rings. The van der Waals surface area contributed by atoms with Crippen molar-refractivity contribution < 1.29 is 34.0 Å². The van der Waals surface area contributed by atoms with E-state index in [1.165, 1.54) is 24.1 Å². The molecular weight excluding hydrogens is 498 g/mol. The molecule has 3 aromatic rings. The van der Waals surface area contributed by atoms with Crippen LogP contribution in [0.4, 0.5) is 5.69 Å². The molecule has 192 valence electrons. The topological polar surface area (TPSA) is 106 Å². The highest BCUT2D eigenvalue weighted by Crippen LogP contribution is 2.45. The van der Waals surface area contributed by atoms with E-state index in [-0.39, 0.29) is 21.9 Å². The lowest BCUT2D eigenvalue weighted by Gasteiger charge is -2.26. The van der Waals surface area contributed by atoms with E-state index in [0.717, 1.165) is 0 Å². The second-order valence-corrected chi connectivity index (χ2v) is 8.51. The molecule has 0 aliphatic carbocycles. The zero-order valence-corrected chi connectivity index (χ0v) is 21.3. The van der Waals surface area contributed by atoms with Gasteiger partial charge in [0, 0.05) is 17.8 Å². The number of halogens is 1. The summed E-state index contributed by atoms with van der Waals surface area (Å²) in [5, 5.41) is 21.5.